The van der Waals surface area contributed by atoms with Gasteiger partial charge in [-0.3, -0.25) is 9.69 Å². The molecule has 3 rings (SSSR count). The molecule has 2 aromatic rings. The number of hydrogen-bond donors (Lipinski definition) is 1. The minimum atomic E-state index is -0.0919. The molecule has 0 spiro atoms. The molecule has 26 heavy (non-hydrogen) atoms. The van der Waals surface area contributed by atoms with E-state index in [1.165, 1.54) is 10.6 Å². The Kier molecular flexibility index (Phi) is 6.52. The highest BCUT2D eigenvalue weighted by atomic mass is 32.1. The van der Waals surface area contributed by atoms with Crippen molar-refractivity contribution in [1.29, 1.82) is 0 Å². The largest absolute Gasteiger partial charge is 0.497 e. The van der Waals surface area contributed by atoms with Crippen molar-refractivity contribution in [3.63, 3.8) is 0 Å². The molecule has 0 radical (unpaired) electrons. The van der Waals surface area contributed by atoms with Gasteiger partial charge in [-0.1, -0.05) is 12.1 Å². The second-order valence-corrected chi connectivity index (χ2v) is 7.55. The number of rotatable bonds is 7. The molecule has 140 valence electrons. The zero-order valence-corrected chi connectivity index (χ0v) is 16.3. The molecule has 1 aliphatic rings. The van der Waals surface area contributed by atoms with Crippen LogP contribution in [0.15, 0.2) is 41.8 Å². The summed E-state index contributed by atoms with van der Waals surface area (Å²) >= 11 is 1.74. The van der Waals surface area contributed by atoms with Crippen molar-refractivity contribution >= 4 is 22.9 Å². The van der Waals surface area contributed by atoms with Crippen LogP contribution in [-0.4, -0.2) is 56.7 Å². The van der Waals surface area contributed by atoms with Gasteiger partial charge >= 0.3 is 0 Å². The van der Waals surface area contributed by atoms with Crippen LogP contribution < -0.4 is 15.0 Å². The third-order valence-electron chi connectivity index (χ3n) is 4.91. The lowest BCUT2D eigenvalue weighted by Gasteiger charge is -2.38. The van der Waals surface area contributed by atoms with Crippen LogP contribution in [0.25, 0.3) is 0 Å². The second-order valence-electron chi connectivity index (χ2n) is 6.52. The van der Waals surface area contributed by atoms with Crippen LogP contribution in [0.3, 0.4) is 0 Å². The highest BCUT2D eigenvalue weighted by Crippen LogP contribution is 2.22. The first-order valence-electron chi connectivity index (χ1n) is 9.10. The van der Waals surface area contributed by atoms with Crippen LogP contribution in [0.1, 0.15) is 11.8 Å². The highest BCUT2D eigenvalue weighted by Gasteiger charge is 2.25. The monoisotopic (exact) mass is 373 g/mol. The van der Waals surface area contributed by atoms with E-state index >= 15 is 0 Å². The number of nitrogens with zero attached hydrogens (tertiary/aromatic N) is 2. The minimum absolute atomic E-state index is 0.0919. The van der Waals surface area contributed by atoms with Crippen LogP contribution in [-0.2, 0) is 11.2 Å². The summed E-state index contributed by atoms with van der Waals surface area (Å²) in [4.78, 5) is 18.3. The number of hydrogen-bond acceptors (Lipinski definition) is 5. The summed E-state index contributed by atoms with van der Waals surface area (Å²) in [5.41, 5.74) is 1.18. The molecule has 0 saturated carbocycles. The van der Waals surface area contributed by atoms with Crippen LogP contribution in [0.4, 0.5) is 5.69 Å². The summed E-state index contributed by atoms with van der Waals surface area (Å²) < 4.78 is 5.31. The van der Waals surface area contributed by atoms with Gasteiger partial charge in [0.15, 0.2) is 0 Å². The van der Waals surface area contributed by atoms with Gasteiger partial charge in [-0.25, -0.2) is 0 Å². The van der Waals surface area contributed by atoms with E-state index in [2.05, 4.69) is 38.7 Å². The highest BCUT2D eigenvalue weighted by molar-refractivity contribution is 7.09. The number of thiophene rings is 1. The van der Waals surface area contributed by atoms with E-state index in [-0.39, 0.29) is 11.9 Å². The fraction of sp³-hybridized carbons (Fsp3) is 0.450. The van der Waals surface area contributed by atoms with Gasteiger partial charge in [-0.05, 0) is 36.9 Å². The maximum Gasteiger partial charge on any atom is 0.237 e. The Hall–Kier alpha value is -2.05. The topological polar surface area (TPSA) is 44.8 Å². The Morgan fingerprint density at radius 2 is 2.04 bits per heavy atom. The molecular formula is C20H27N3O2S. The standard InChI is InChI=1S/C20H27N3O2S/c1-16(20(24)21-9-8-19-7-4-14-26-19)22-10-12-23(13-11-22)17-5-3-6-18(15-17)25-2/h3-7,14-16H,8-13H2,1-2H3,(H,21,24)/t16-/m0/s1. The molecule has 1 atom stereocenters. The van der Waals surface area contributed by atoms with E-state index in [9.17, 15) is 4.79 Å². The lowest BCUT2D eigenvalue weighted by molar-refractivity contribution is -0.125. The molecule has 0 bridgehead atoms. The summed E-state index contributed by atoms with van der Waals surface area (Å²) in [6.45, 7) is 6.31. The molecule has 6 heteroatoms. The molecule has 1 fully saturated rings. The van der Waals surface area contributed by atoms with Crippen LogP contribution in [0, 0.1) is 0 Å². The van der Waals surface area contributed by atoms with Crippen molar-refractivity contribution in [2.45, 2.75) is 19.4 Å². The van der Waals surface area contributed by atoms with Gasteiger partial charge in [0.1, 0.15) is 5.75 Å². The van der Waals surface area contributed by atoms with Gasteiger partial charge in [-0.15, -0.1) is 11.3 Å². The number of ether oxygens (including phenoxy) is 1. The zero-order valence-electron chi connectivity index (χ0n) is 15.5. The predicted molar refractivity (Wildman–Crippen MR) is 107 cm³/mol. The average Bonchev–Trinajstić information content (AvgIpc) is 3.21. The quantitative estimate of drug-likeness (QED) is 0.810. The summed E-state index contributed by atoms with van der Waals surface area (Å²) in [7, 11) is 1.69. The molecular weight excluding hydrogens is 346 g/mol. The number of piperazine rings is 1. The first-order valence-corrected chi connectivity index (χ1v) is 9.98. The Morgan fingerprint density at radius 3 is 2.73 bits per heavy atom. The van der Waals surface area contributed by atoms with Crippen molar-refractivity contribution < 1.29 is 9.53 Å². The number of carbonyl (C=O) groups is 1. The molecule has 1 aliphatic heterocycles. The molecule has 0 unspecified atom stereocenters. The molecule has 1 N–H and O–H groups in total. The van der Waals surface area contributed by atoms with Gasteiger partial charge in [0.2, 0.25) is 5.91 Å². The van der Waals surface area contributed by atoms with Gasteiger partial charge in [-0.2, -0.15) is 0 Å². The number of benzene rings is 1. The Morgan fingerprint density at radius 1 is 1.23 bits per heavy atom. The van der Waals surface area contributed by atoms with Crippen molar-refractivity contribution in [2.75, 3.05) is 44.7 Å². The SMILES string of the molecule is COc1cccc(N2CCN([C@@H](C)C(=O)NCCc3cccs3)CC2)c1. The molecule has 1 aromatic carbocycles. The minimum Gasteiger partial charge on any atom is -0.497 e. The van der Waals surface area contributed by atoms with Crippen molar-refractivity contribution in [2.24, 2.45) is 0 Å². The second kappa shape index (κ2) is 9.05. The first-order chi connectivity index (χ1) is 12.7. The lowest BCUT2D eigenvalue weighted by Crippen LogP contribution is -2.54. The molecule has 2 heterocycles. The van der Waals surface area contributed by atoms with Gasteiger partial charge in [0.25, 0.3) is 0 Å². The molecule has 5 nitrogen and oxygen atoms in total. The summed E-state index contributed by atoms with van der Waals surface area (Å²) in [5, 5.41) is 5.14. The van der Waals surface area contributed by atoms with Crippen molar-refractivity contribution in [3.8, 4) is 5.75 Å². The van der Waals surface area contributed by atoms with Crippen molar-refractivity contribution in [3.05, 3.63) is 46.7 Å². The van der Waals surface area contributed by atoms with E-state index in [4.69, 9.17) is 4.74 Å². The number of nitrogens with one attached hydrogen (secondary N) is 1. The summed E-state index contributed by atoms with van der Waals surface area (Å²) in [6.07, 6.45) is 0.903. The molecule has 1 aromatic heterocycles. The maximum atomic E-state index is 12.4. The van der Waals surface area contributed by atoms with Gasteiger partial charge < -0.3 is 15.0 Å². The normalized spacial score (nSPS) is 16.3. The third kappa shape index (κ3) is 4.77. The average molecular weight is 374 g/mol. The van der Waals surface area contributed by atoms with Crippen LogP contribution in [0.2, 0.25) is 0 Å². The summed E-state index contributed by atoms with van der Waals surface area (Å²) in [5.74, 6) is 1.000. The Labute approximate surface area is 159 Å². The summed E-state index contributed by atoms with van der Waals surface area (Å²) in [6, 6.07) is 12.2. The third-order valence-corrected chi connectivity index (χ3v) is 5.85. The first kappa shape index (κ1) is 18.7. The number of amides is 1. The fourth-order valence-electron chi connectivity index (χ4n) is 3.25. The van der Waals surface area contributed by atoms with Crippen LogP contribution in [0.5, 0.6) is 5.75 Å². The number of carbonyl (C=O) groups excluding carboxylic acids is 1. The predicted octanol–water partition coefficient (Wildman–Crippen LogP) is 2.63. The molecule has 1 amide bonds. The zero-order chi connectivity index (χ0) is 18.4. The lowest BCUT2D eigenvalue weighted by atomic mass is 10.2. The maximum absolute atomic E-state index is 12.4. The smallest absolute Gasteiger partial charge is 0.237 e. The number of methoxy groups -OCH3 is 1. The van der Waals surface area contributed by atoms with Gasteiger partial charge in [0.05, 0.1) is 13.2 Å². The van der Waals surface area contributed by atoms with E-state index in [1.807, 2.05) is 25.1 Å². The number of anilines is 1. The van der Waals surface area contributed by atoms with Gasteiger partial charge in [0, 0.05) is 49.4 Å². The Balaban J connectivity index is 1.45. The fourth-order valence-corrected chi connectivity index (χ4v) is 3.96. The van der Waals surface area contributed by atoms with E-state index in [1.54, 1.807) is 18.4 Å². The van der Waals surface area contributed by atoms with E-state index in [0.717, 1.165) is 38.3 Å². The van der Waals surface area contributed by atoms with Crippen LogP contribution >= 0.6 is 11.3 Å². The van der Waals surface area contributed by atoms with E-state index in [0.29, 0.717) is 6.54 Å². The molecule has 1 saturated heterocycles. The van der Waals surface area contributed by atoms with E-state index < -0.39 is 0 Å². The molecule has 0 aliphatic carbocycles. The Bertz CT molecular complexity index is 697. The van der Waals surface area contributed by atoms with Crippen molar-refractivity contribution in [1.82, 2.24) is 10.2 Å².